The lowest BCUT2D eigenvalue weighted by Gasteiger charge is -2.27. The lowest BCUT2D eigenvalue weighted by molar-refractivity contribution is -0.123. The quantitative estimate of drug-likeness (QED) is 0.465. The van der Waals surface area contributed by atoms with E-state index in [-0.39, 0.29) is 23.6 Å². The number of amides is 2. The summed E-state index contributed by atoms with van der Waals surface area (Å²) in [4.78, 5) is 28.6. The smallest absolute Gasteiger partial charge is 0.287 e. The fraction of sp³-hybridized carbons (Fsp3) is 0.429. The van der Waals surface area contributed by atoms with Crippen LogP contribution in [-0.2, 0) is 11.2 Å². The first-order valence-electron chi connectivity index (χ1n) is 12.4. The van der Waals surface area contributed by atoms with Crippen LogP contribution in [0.1, 0.15) is 55.1 Å². The highest BCUT2D eigenvalue weighted by atomic mass is 16.3. The van der Waals surface area contributed by atoms with E-state index in [9.17, 15) is 9.59 Å². The highest BCUT2D eigenvalue weighted by Crippen LogP contribution is 2.19. The molecular formula is C28H35N3O3. The van der Waals surface area contributed by atoms with Crippen LogP contribution in [0.3, 0.4) is 0 Å². The minimum atomic E-state index is -0.608. The number of carbonyl (C=O) groups is 2. The van der Waals surface area contributed by atoms with Gasteiger partial charge in [0, 0.05) is 11.4 Å². The molecule has 4 rings (SSSR count). The van der Waals surface area contributed by atoms with Crippen LogP contribution in [-0.4, -0.2) is 48.4 Å². The van der Waals surface area contributed by atoms with Gasteiger partial charge < -0.3 is 20.0 Å². The molecule has 0 radical (unpaired) electrons. The van der Waals surface area contributed by atoms with E-state index in [4.69, 9.17) is 4.42 Å². The molecule has 6 nitrogen and oxygen atoms in total. The van der Waals surface area contributed by atoms with Gasteiger partial charge in [-0.05, 0) is 76.4 Å². The van der Waals surface area contributed by atoms with E-state index < -0.39 is 6.04 Å². The second kappa shape index (κ2) is 11.8. The molecule has 180 valence electrons. The number of nitrogens with zero attached hydrogens (tertiary/aromatic N) is 1. The van der Waals surface area contributed by atoms with Gasteiger partial charge in [0.2, 0.25) is 5.91 Å². The summed E-state index contributed by atoms with van der Waals surface area (Å²) < 4.78 is 5.72. The molecule has 2 heterocycles. The van der Waals surface area contributed by atoms with Gasteiger partial charge in [0.05, 0.1) is 0 Å². The van der Waals surface area contributed by atoms with Crippen molar-refractivity contribution in [3.05, 3.63) is 72.0 Å². The summed E-state index contributed by atoms with van der Waals surface area (Å²) in [6.07, 6.45) is 5.96. The van der Waals surface area contributed by atoms with Gasteiger partial charge in [-0.1, -0.05) is 55.0 Å². The van der Waals surface area contributed by atoms with E-state index in [1.54, 1.807) is 6.07 Å². The summed E-state index contributed by atoms with van der Waals surface area (Å²) >= 11 is 0. The van der Waals surface area contributed by atoms with Crippen LogP contribution in [0.25, 0.3) is 11.0 Å². The zero-order valence-electron chi connectivity index (χ0n) is 20.0. The predicted molar refractivity (Wildman–Crippen MR) is 135 cm³/mol. The van der Waals surface area contributed by atoms with E-state index in [2.05, 4.69) is 27.7 Å². The van der Waals surface area contributed by atoms with E-state index in [1.807, 2.05) is 49.4 Å². The highest BCUT2D eigenvalue weighted by molar-refractivity contribution is 5.98. The molecule has 3 aromatic rings. The van der Waals surface area contributed by atoms with Gasteiger partial charge in [-0.15, -0.1) is 0 Å². The van der Waals surface area contributed by atoms with Gasteiger partial charge in [0.1, 0.15) is 11.6 Å². The topological polar surface area (TPSA) is 74.6 Å². The first-order valence-corrected chi connectivity index (χ1v) is 12.4. The number of furan rings is 1. The van der Waals surface area contributed by atoms with Crippen LogP contribution in [0.5, 0.6) is 0 Å². The summed E-state index contributed by atoms with van der Waals surface area (Å²) in [6, 6.07) is 18.7. The van der Waals surface area contributed by atoms with Crippen LogP contribution >= 0.6 is 0 Å². The number of para-hydroxylation sites is 1. The number of benzene rings is 2. The minimum absolute atomic E-state index is 0.0393. The largest absolute Gasteiger partial charge is 0.451 e. The Kier molecular flexibility index (Phi) is 8.36. The summed E-state index contributed by atoms with van der Waals surface area (Å²) in [5.74, 6) is -0.274. The Balaban J connectivity index is 1.39. The number of fused-ring (bicyclic) bond motifs is 1. The Hall–Kier alpha value is -3.12. The second-order valence-corrected chi connectivity index (χ2v) is 9.32. The third-order valence-electron chi connectivity index (χ3n) is 6.46. The van der Waals surface area contributed by atoms with Crippen molar-refractivity contribution in [3.8, 4) is 0 Å². The van der Waals surface area contributed by atoms with Gasteiger partial charge in [-0.3, -0.25) is 9.59 Å². The van der Waals surface area contributed by atoms with Crippen molar-refractivity contribution in [2.45, 2.75) is 57.5 Å². The Labute approximate surface area is 201 Å². The van der Waals surface area contributed by atoms with Crippen molar-refractivity contribution < 1.29 is 14.0 Å². The van der Waals surface area contributed by atoms with Crippen molar-refractivity contribution in [2.24, 2.45) is 0 Å². The van der Waals surface area contributed by atoms with Gasteiger partial charge in [0.15, 0.2) is 5.76 Å². The van der Waals surface area contributed by atoms with E-state index in [0.29, 0.717) is 12.0 Å². The number of rotatable bonds is 10. The predicted octanol–water partition coefficient (Wildman–Crippen LogP) is 4.54. The number of hydrogen-bond donors (Lipinski definition) is 2. The number of nitrogens with one attached hydrogen (secondary N) is 2. The van der Waals surface area contributed by atoms with Gasteiger partial charge in [-0.25, -0.2) is 0 Å². The zero-order chi connectivity index (χ0) is 23.8. The van der Waals surface area contributed by atoms with Crippen LogP contribution < -0.4 is 10.6 Å². The summed E-state index contributed by atoms with van der Waals surface area (Å²) in [6.45, 7) is 5.19. The molecule has 0 unspecified atom stereocenters. The second-order valence-electron chi connectivity index (χ2n) is 9.32. The molecule has 2 atom stereocenters. The normalized spacial score (nSPS) is 16.1. The van der Waals surface area contributed by atoms with E-state index in [0.717, 1.165) is 37.9 Å². The molecule has 0 bridgehead atoms. The number of likely N-dealkylation sites (tertiary alicyclic amines) is 1. The molecule has 34 heavy (non-hydrogen) atoms. The fourth-order valence-electron chi connectivity index (χ4n) is 4.66. The molecule has 0 saturated carbocycles. The molecule has 1 saturated heterocycles. The average Bonchev–Trinajstić information content (AvgIpc) is 3.29. The van der Waals surface area contributed by atoms with Crippen LogP contribution in [0.2, 0.25) is 0 Å². The Morgan fingerprint density at radius 3 is 2.47 bits per heavy atom. The summed E-state index contributed by atoms with van der Waals surface area (Å²) in [5.41, 5.74) is 1.83. The summed E-state index contributed by atoms with van der Waals surface area (Å²) in [5, 5.41) is 6.91. The number of piperidine rings is 1. The summed E-state index contributed by atoms with van der Waals surface area (Å²) in [7, 11) is 0. The SMILES string of the molecule is C[C@H](Cc1ccccc1)NC(=O)[C@H](CCCN1CCCCC1)NC(=O)c1cc2ccccc2o1. The molecular weight excluding hydrogens is 426 g/mol. The van der Waals surface area contributed by atoms with Crippen LogP contribution in [0.4, 0.5) is 0 Å². The molecule has 1 fully saturated rings. The minimum Gasteiger partial charge on any atom is -0.451 e. The van der Waals surface area contributed by atoms with Crippen molar-refractivity contribution in [1.29, 1.82) is 0 Å². The van der Waals surface area contributed by atoms with Crippen LogP contribution in [0, 0.1) is 0 Å². The molecule has 6 heteroatoms. The molecule has 1 aliphatic heterocycles. The molecule has 2 amide bonds. The average molecular weight is 462 g/mol. The van der Waals surface area contributed by atoms with Gasteiger partial charge in [-0.2, -0.15) is 0 Å². The molecule has 2 aromatic carbocycles. The van der Waals surface area contributed by atoms with Crippen molar-refractivity contribution in [1.82, 2.24) is 15.5 Å². The molecule has 2 N–H and O–H groups in total. The Bertz CT molecular complexity index is 1040. The van der Waals surface area contributed by atoms with E-state index in [1.165, 1.54) is 24.8 Å². The fourth-order valence-corrected chi connectivity index (χ4v) is 4.66. The van der Waals surface area contributed by atoms with Gasteiger partial charge in [0.25, 0.3) is 5.91 Å². The Morgan fingerprint density at radius 2 is 1.71 bits per heavy atom. The van der Waals surface area contributed by atoms with Gasteiger partial charge >= 0.3 is 0 Å². The Morgan fingerprint density at radius 1 is 0.971 bits per heavy atom. The molecule has 0 aliphatic carbocycles. The van der Waals surface area contributed by atoms with E-state index >= 15 is 0 Å². The van der Waals surface area contributed by atoms with Crippen molar-refractivity contribution in [2.75, 3.05) is 19.6 Å². The lowest BCUT2D eigenvalue weighted by Crippen LogP contribution is -2.49. The highest BCUT2D eigenvalue weighted by Gasteiger charge is 2.24. The monoisotopic (exact) mass is 461 g/mol. The maximum atomic E-state index is 13.2. The maximum Gasteiger partial charge on any atom is 0.287 e. The molecule has 1 aliphatic rings. The lowest BCUT2D eigenvalue weighted by atomic mass is 10.1. The van der Waals surface area contributed by atoms with Crippen LogP contribution in [0.15, 0.2) is 65.1 Å². The molecule has 1 aromatic heterocycles. The third-order valence-corrected chi connectivity index (χ3v) is 6.46. The first kappa shape index (κ1) is 24.0. The standard InChI is InChI=1S/C28H35N3O3/c1-21(19-22-11-4-2-5-12-22)29-27(32)24(14-10-18-31-16-8-3-9-17-31)30-28(33)26-20-23-13-6-7-15-25(23)34-26/h2,4-7,11-13,15,20-21,24H,3,8-10,14,16-19H2,1H3,(H,29,32)(H,30,33)/t21-,24+/m1/s1. The van der Waals surface area contributed by atoms with Crippen molar-refractivity contribution >= 4 is 22.8 Å². The first-order chi connectivity index (χ1) is 16.6. The zero-order valence-corrected chi connectivity index (χ0v) is 20.0. The molecule has 0 spiro atoms. The third kappa shape index (κ3) is 6.70. The maximum absolute atomic E-state index is 13.2. The number of hydrogen-bond acceptors (Lipinski definition) is 4. The number of carbonyl (C=O) groups excluding carboxylic acids is 2. The van der Waals surface area contributed by atoms with Crippen molar-refractivity contribution in [3.63, 3.8) is 0 Å².